The van der Waals surface area contributed by atoms with Crippen molar-refractivity contribution in [2.75, 3.05) is 26.7 Å². The summed E-state index contributed by atoms with van der Waals surface area (Å²) in [5.41, 5.74) is -0.521. The highest BCUT2D eigenvalue weighted by atomic mass is 16.5. The van der Waals surface area contributed by atoms with Gasteiger partial charge in [0.25, 0.3) is 0 Å². The van der Waals surface area contributed by atoms with E-state index in [0.29, 0.717) is 6.10 Å². The minimum Gasteiger partial charge on any atom is -0.390 e. The monoisotopic (exact) mass is 217 g/mol. The normalized spacial score (nSPS) is 16.0. The third-order valence-electron chi connectivity index (χ3n) is 2.72. The van der Waals surface area contributed by atoms with E-state index in [0.717, 1.165) is 32.5 Å². The first kappa shape index (κ1) is 14.9. The molecule has 1 atom stereocenters. The number of ether oxygens (including phenoxy) is 1. The lowest BCUT2D eigenvalue weighted by Gasteiger charge is -2.25. The quantitative estimate of drug-likeness (QED) is 0.674. The molecule has 0 saturated heterocycles. The number of hydrogen-bond donors (Lipinski definition) is 1. The van der Waals surface area contributed by atoms with Gasteiger partial charge in [-0.2, -0.15) is 0 Å². The van der Waals surface area contributed by atoms with Crippen LogP contribution in [0.15, 0.2) is 0 Å². The lowest BCUT2D eigenvalue weighted by atomic mass is 9.99. The highest BCUT2D eigenvalue weighted by Gasteiger charge is 2.17. The van der Waals surface area contributed by atoms with E-state index < -0.39 is 5.60 Å². The Bertz CT molecular complexity index is 158. The van der Waals surface area contributed by atoms with Crippen molar-refractivity contribution in [3.63, 3.8) is 0 Å². The zero-order chi connectivity index (χ0) is 11.9. The number of nitrogens with zero attached hydrogens (tertiary/aromatic N) is 1. The van der Waals surface area contributed by atoms with E-state index >= 15 is 0 Å². The van der Waals surface area contributed by atoms with Gasteiger partial charge in [0.15, 0.2) is 0 Å². The van der Waals surface area contributed by atoms with Crippen LogP contribution >= 0.6 is 0 Å². The molecule has 0 aliphatic heterocycles. The summed E-state index contributed by atoms with van der Waals surface area (Å²) in [5, 5.41) is 9.83. The van der Waals surface area contributed by atoms with E-state index in [9.17, 15) is 5.11 Å². The Labute approximate surface area is 94.4 Å². The van der Waals surface area contributed by atoms with Crippen molar-refractivity contribution >= 4 is 0 Å². The minimum atomic E-state index is -0.521. The molecule has 3 nitrogen and oxygen atoms in total. The predicted octanol–water partition coefficient (Wildman–Crippen LogP) is 1.89. The second kappa shape index (κ2) is 7.20. The van der Waals surface area contributed by atoms with Crippen LogP contribution in [-0.2, 0) is 4.74 Å². The lowest BCUT2D eigenvalue weighted by molar-refractivity contribution is 0.0291. The van der Waals surface area contributed by atoms with Crippen molar-refractivity contribution in [2.45, 2.75) is 52.2 Å². The molecule has 1 unspecified atom stereocenters. The summed E-state index contributed by atoms with van der Waals surface area (Å²) >= 11 is 0. The molecule has 15 heavy (non-hydrogen) atoms. The van der Waals surface area contributed by atoms with Gasteiger partial charge in [-0.1, -0.05) is 6.92 Å². The van der Waals surface area contributed by atoms with E-state index in [1.807, 2.05) is 27.7 Å². The predicted molar refractivity (Wildman–Crippen MR) is 64.1 cm³/mol. The largest absolute Gasteiger partial charge is 0.390 e. The fourth-order valence-electron chi connectivity index (χ4n) is 1.16. The maximum atomic E-state index is 9.83. The Balaban J connectivity index is 3.53. The summed E-state index contributed by atoms with van der Waals surface area (Å²) in [4.78, 5) is 2.20. The van der Waals surface area contributed by atoms with Crippen LogP contribution in [0, 0.1) is 0 Å². The second-order valence-corrected chi connectivity index (χ2v) is 4.82. The minimum absolute atomic E-state index is 0.303. The molecule has 0 spiro atoms. The van der Waals surface area contributed by atoms with Crippen molar-refractivity contribution in [2.24, 2.45) is 0 Å². The Hall–Kier alpha value is -0.120. The van der Waals surface area contributed by atoms with Crippen molar-refractivity contribution in [3.8, 4) is 0 Å². The molecule has 92 valence electrons. The average molecular weight is 217 g/mol. The molecular weight excluding hydrogens is 190 g/mol. The summed E-state index contributed by atoms with van der Waals surface area (Å²) in [7, 11) is 2.06. The molecule has 0 radical (unpaired) electrons. The molecule has 0 aliphatic rings. The number of hydrogen-bond acceptors (Lipinski definition) is 3. The molecular formula is C12H27NO2. The molecule has 0 aromatic rings. The van der Waals surface area contributed by atoms with Crippen LogP contribution in [-0.4, -0.2) is 48.5 Å². The third-order valence-corrected chi connectivity index (χ3v) is 2.72. The first-order chi connectivity index (χ1) is 6.87. The first-order valence-corrected chi connectivity index (χ1v) is 5.90. The lowest BCUT2D eigenvalue weighted by Crippen LogP contribution is -2.32. The zero-order valence-electron chi connectivity index (χ0n) is 10.9. The van der Waals surface area contributed by atoms with Crippen molar-refractivity contribution in [1.29, 1.82) is 0 Å². The third kappa shape index (κ3) is 8.85. The maximum absolute atomic E-state index is 9.83. The van der Waals surface area contributed by atoms with Gasteiger partial charge in [0.1, 0.15) is 0 Å². The van der Waals surface area contributed by atoms with Crippen molar-refractivity contribution < 1.29 is 9.84 Å². The van der Waals surface area contributed by atoms with E-state index in [1.54, 1.807) is 0 Å². The number of rotatable bonds is 8. The Morgan fingerprint density at radius 2 is 1.93 bits per heavy atom. The van der Waals surface area contributed by atoms with Gasteiger partial charge in [0.2, 0.25) is 0 Å². The fourth-order valence-corrected chi connectivity index (χ4v) is 1.16. The molecule has 0 saturated carbocycles. The Morgan fingerprint density at radius 1 is 1.33 bits per heavy atom. The maximum Gasteiger partial charge on any atom is 0.0629 e. The van der Waals surface area contributed by atoms with Crippen LogP contribution < -0.4 is 0 Å². The second-order valence-electron chi connectivity index (χ2n) is 4.82. The van der Waals surface area contributed by atoms with Crippen LogP contribution in [0.1, 0.15) is 40.5 Å². The summed E-state index contributed by atoms with van der Waals surface area (Å²) in [6, 6.07) is 0. The van der Waals surface area contributed by atoms with Crippen LogP contribution in [0.4, 0.5) is 0 Å². The summed E-state index contributed by atoms with van der Waals surface area (Å²) in [6.45, 7) is 10.6. The average Bonchev–Trinajstić information content (AvgIpc) is 2.14. The molecule has 0 bridgehead atoms. The van der Waals surface area contributed by atoms with Gasteiger partial charge in [-0.3, -0.25) is 0 Å². The topological polar surface area (TPSA) is 32.7 Å². The van der Waals surface area contributed by atoms with Gasteiger partial charge in [-0.05, 0) is 40.7 Å². The molecule has 0 heterocycles. The van der Waals surface area contributed by atoms with Gasteiger partial charge in [-0.25, -0.2) is 0 Å². The summed E-state index contributed by atoms with van der Waals surface area (Å²) < 4.78 is 5.47. The van der Waals surface area contributed by atoms with Crippen LogP contribution in [0.2, 0.25) is 0 Å². The molecule has 0 rings (SSSR count). The highest BCUT2D eigenvalue weighted by Crippen LogP contribution is 2.13. The van der Waals surface area contributed by atoms with Crippen molar-refractivity contribution in [3.05, 3.63) is 0 Å². The van der Waals surface area contributed by atoms with Crippen molar-refractivity contribution in [1.82, 2.24) is 4.90 Å². The highest BCUT2D eigenvalue weighted by molar-refractivity contribution is 4.71. The van der Waals surface area contributed by atoms with Crippen LogP contribution in [0.5, 0.6) is 0 Å². The van der Waals surface area contributed by atoms with E-state index in [-0.39, 0.29) is 0 Å². The van der Waals surface area contributed by atoms with Gasteiger partial charge < -0.3 is 14.7 Å². The van der Waals surface area contributed by atoms with E-state index in [4.69, 9.17) is 4.74 Å². The molecule has 0 fully saturated rings. The fraction of sp³-hybridized carbons (Fsp3) is 1.00. The van der Waals surface area contributed by atoms with E-state index in [2.05, 4.69) is 11.9 Å². The van der Waals surface area contributed by atoms with Gasteiger partial charge in [0.05, 0.1) is 18.3 Å². The van der Waals surface area contributed by atoms with E-state index in [1.165, 1.54) is 0 Å². The molecule has 0 amide bonds. The Morgan fingerprint density at radius 3 is 2.40 bits per heavy atom. The molecule has 1 N–H and O–H groups in total. The Kier molecular flexibility index (Phi) is 7.14. The molecule has 0 aromatic carbocycles. The standard InChI is InChI=1S/C12H27NO2/c1-6-12(4,14)7-8-13(5)9-10-15-11(2)3/h11,14H,6-10H2,1-5H3. The van der Waals surface area contributed by atoms with Gasteiger partial charge in [-0.15, -0.1) is 0 Å². The summed E-state index contributed by atoms with van der Waals surface area (Å²) in [5.74, 6) is 0. The number of aliphatic hydroxyl groups is 1. The molecule has 3 heteroatoms. The zero-order valence-corrected chi connectivity index (χ0v) is 10.9. The first-order valence-electron chi connectivity index (χ1n) is 5.90. The van der Waals surface area contributed by atoms with Crippen LogP contribution in [0.3, 0.4) is 0 Å². The molecule has 0 aliphatic carbocycles. The SMILES string of the molecule is CCC(C)(O)CCN(C)CCOC(C)C. The summed E-state index contributed by atoms with van der Waals surface area (Å²) in [6.07, 6.45) is 1.93. The van der Waals surface area contributed by atoms with Gasteiger partial charge >= 0.3 is 0 Å². The van der Waals surface area contributed by atoms with Crippen LogP contribution in [0.25, 0.3) is 0 Å². The number of likely N-dealkylation sites (N-methyl/N-ethyl adjacent to an activating group) is 1. The van der Waals surface area contributed by atoms with Gasteiger partial charge in [0, 0.05) is 13.1 Å². The smallest absolute Gasteiger partial charge is 0.0629 e. The molecule has 0 aromatic heterocycles.